The minimum absolute atomic E-state index is 0.0715. The van der Waals surface area contributed by atoms with Crippen LogP contribution in [0.2, 0.25) is 0 Å². The van der Waals surface area contributed by atoms with Crippen LogP contribution >= 0.6 is 0 Å². The number of rotatable bonds is 9. The number of likely N-dealkylation sites (tertiary alicyclic amines) is 1. The van der Waals surface area contributed by atoms with E-state index >= 15 is 0 Å². The van der Waals surface area contributed by atoms with Crippen molar-refractivity contribution >= 4 is 11.9 Å². The number of benzene rings is 1. The Morgan fingerprint density at radius 1 is 1.14 bits per heavy atom. The Kier molecular flexibility index (Phi) is 8.38. The maximum atomic E-state index is 12.9. The van der Waals surface area contributed by atoms with E-state index in [1.165, 1.54) is 0 Å². The molecule has 0 saturated carbocycles. The van der Waals surface area contributed by atoms with E-state index in [1.807, 2.05) is 25.1 Å². The molecular formula is C20H31N3O5. The molecule has 1 aromatic rings. The Bertz CT molecular complexity index is 667. The number of carbonyl (C=O) groups excluding carboxylic acids is 2. The second-order valence-corrected chi connectivity index (χ2v) is 6.70. The smallest absolute Gasteiger partial charge is 0.317 e. The lowest BCUT2D eigenvalue weighted by Crippen LogP contribution is -2.40. The van der Waals surface area contributed by atoms with Gasteiger partial charge >= 0.3 is 6.03 Å². The molecule has 1 aliphatic rings. The van der Waals surface area contributed by atoms with Crippen molar-refractivity contribution < 1.29 is 23.8 Å². The van der Waals surface area contributed by atoms with E-state index in [-0.39, 0.29) is 23.8 Å². The fourth-order valence-corrected chi connectivity index (χ4v) is 3.50. The molecule has 2 unspecified atom stereocenters. The quantitative estimate of drug-likeness (QED) is 0.622. The second kappa shape index (κ2) is 10.8. The highest BCUT2D eigenvalue weighted by atomic mass is 16.5. The average molecular weight is 393 g/mol. The fourth-order valence-electron chi connectivity index (χ4n) is 3.50. The largest absolute Gasteiger partial charge is 0.497 e. The Labute approximate surface area is 166 Å². The molecule has 0 aromatic heterocycles. The van der Waals surface area contributed by atoms with Crippen LogP contribution in [0.4, 0.5) is 4.79 Å². The summed E-state index contributed by atoms with van der Waals surface area (Å²) in [6, 6.07) is 5.37. The predicted molar refractivity (Wildman–Crippen MR) is 106 cm³/mol. The third kappa shape index (κ3) is 5.28. The second-order valence-electron chi connectivity index (χ2n) is 6.70. The molecule has 3 amide bonds. The lowest BCUT2D eigenvalue weighted by atomic mass is 9.87. The van der Waals surface area contributed by atoms with Gasteiger partial charge in [-0.15, -0.1) is 0 Å². The zero-order valence-electron chi connectivity index (χ0n) is 17.1. The fraction of sp³-hybridized carbons (Fsp3) is 0.600. The van der Waals surface area contributed by atoms with Crippen LogP contribution in [0.15, 0.2) is 18.2 Å². The summed E-state index contributed by atoms with van der Waals surface area (Å²) in [6.45, 7) is 4.32. The summed E-state index contributed by atoms with van der Waals surface area (Å²) in [7, 11) is 4.83. The number of methoxy groups -OCH3 is 3. The minimum atomic E-state index is -0.369. The highest BCUT2D eigenvalue weighted by Gasteiger charge is 2.41. The van der Waals surface area contributed by atoms with Gasteiger partial charge in [-0.3, -0.25) is 4.79 Å². The Morgan fingerprint density at radius 2 is 1.93 bits per heavy atom. The van der Waals surface area contributed by atoms with Gasteiger partial charge in [0.1, 0.15) is 11.5 Å². The van der Waals surface area contributed by atoms with Gasteiger partial charge in [0.25, 0.3) is 0 Å². The van der Waals surface area contributed by atoms with Crippen LogP contribution in [-0.4, -0.2) is 71.0 Å². The van der Waals surface area contributed by atoms with Crippen molar-refractivity contribution in [3.8, 4) is 11.5 Å². The molecule has 1 heterocycles. The first-order valence-electron chi connectivity index (χ1n) is 9.57. The van der Waals surface area contributed by atoms with Crippen molar-refractivity contribution in [2.24, 2.45) is 5.92 Å². The van der Waals surface area contributed by atoms with Crippen molar-refractivity contribution in [3.05, 3.63) is 23.8 Å². The van der Waals surface area contributed by atoms with E-state index in [2.05, 4.69) is 10.6 Å². The summed E-state index contributed by atoms with van der Waals surface area (Å²) in [5, 5.41) is 5.78. The molecular weight excluding hydrogens is 362 g/mol. The molecule has 2 N–H and O–H groups in total. The number of ether oxygens (including phenoxy) is 3. The van der Waals surface area contributed by atoms with Crippen LogP contribution < -0.4 is 20.1 Å². The van der Waals surface area contributed by atoms with E-state index < -0.39 is 0 Å². The predicted octanol–water partition coefficient (Wildman–Crippen LogP) is 1.60. The Balaban J connectivity index is 2.26. The number of nitrogens with zero attached hydrogens (tertiary/aromatic N) is 1. The molecule has 0 spiro atoms. The lowest BCUT2D eigenvalue weighted by Gasteiger charge is -2.21. The topological polar surface area (TPSA) is 89.1 Å². The van der Waals surface area contributed by atoms with Crippen LogP contribution in [0, 0.1) is 5.92 Å². The summed E-state index contributed by atoms with van der Waals surface area (Å²) >= 11 is 0. The number of carbonyl (C=O) groups is 2. The molecule has 1 saturated heterocycles. The van der Waals surface area contributed by atoms with Crippen molar-refractivity contribution in [2.75, 3.05) is 54.1 Å². The first-order valence-corrected chi connectivity index (χ1v) is 9.57. The standard InChI is InChI=1S/C20H31N3O5/c1-5-21-20(25)23-12-16(15-11-14(27-3)7-8-18(15)28-4)17(13-23)19(24)22-9-6-10-26-2/h7-8,11,16-17H,5-6,9-10,12-13H2,1-4H3,(H,21,25)(H,22,24). The van der Waals surface area contributed by atoms with E-state index in [4.69, 9.17) is 14.2 Å². The van der Waals surface area contributed by atoms with Gasteiger partial charge in [0.05, 0.1) is 20.1 Å². The van der Waals surface area contributed by atoms with Crippen LogP contribution in [-0.2, 0) is 9.53 Å². The van der Waals surface area contributed by atoms with Crippen LogP contribution in [0.25, 0.3) is 0 Å². The van der Waals surface area contributed by atoms with Gasteiger partial charge in [0, 0.05) is 51.4 Å². The molecule has 156 valence electrons. The van der Waals surface area contributed by atoms with Gasteiger partial charge < -0.3 is 29.7 Å². The lowest BCUT2D eigenvalue weighted by molar-refractivity contribution is -0.124. The van der Waals surface area contributed by atoms with E-state index in [9.17, 15) is 9.59 Å². The van der Waals surface area contributed by atoms with E-state index in [1.54, 1.807) is 26.2 Å². The van der Waals surface area contributed by atoms with Crippen LogP contribution in [0.1, 0.15) is 24.8 Å². The number of hydrogen-bond donors (Lipinski definition) is 2. The minimum Gasteiger partial charge on any atom is -0.497 e. The summed E-state index contributed by atoms with van der Waals surface area (Å²) in [4.78, 5) is 27.0. The number of amides is 3. The van der Waals surface area contributed by atoms with Gasteiger partial charge in [0.15, 0.2) is 0 Å². The highest BCUT2D eigenvalue weighted by molar-refractivity contribution is 5.83. The van der Waals surface area contributed by atoms with E-state index in [0.29, 0.717) is 44.3 Å². The van der Waals surface area contributed by atoms with Crippen molar-refractivity contribution in [1.82, 2.24) is 15.5 Å². The van der Waals surface area contributed by atoms with Crippen molar-refractivity contribution in [1.29, 1.82) is 0 Å². The van der Waals surface area contributed by atoms with Crippen LogP contribution in [0.3, 0.4) is 0 Å². The summed E-state index contributed by atoms with van der Waals surface area (Å²) in [6.07, 6.45) is 0.738. The summed E-state index contributed by atoms with van der Waals surface area (Å²) in [5.74, 6) is 0.742. The van der Waals surface area contributed by atoms with Gasteiger partial charge in [-0.25, -0.2) is 4.79 Å². The SMILES string of the molecule is CCNC(=O)N1CC(C(=O)NCCCOC)C(c2cc(OC)ccc2OC)C1. The third-order valence-corrected chi connectivity index (χ3v) is 4.93. The summed E-state index contributed by atoms with van der Waals surface area (Å²) in [5.41, 5.74) is 0.866. The van der Waals surface area contributed by atoms with Gasteiger partial charge in [0.2, 0.25) is 5.91 Å². The zero-order valence-corrected chi connectivity index (χ0v) is 17.1. The molecule has 28 heavy (non-hydrogen) atoms. The molecule has 1 aromatic carbocycles. The number of nitrogens with one attached hydrogen (secondary N) is 2. The van der Waals surface area contributed by atoms with Gasteiger partial charge in [-0.05, 0) is 31.5 Å². The third-order valence-electron chi connectivity index (χ3n) is 4.93. The molecule has 1 fully saturated rings. The van der Waals surface area contributed by atoms with Crippen molar-refractivity contribution in [2.45, 2.75) is 19.3 Å². The van der Waals surface area contributed by atoms with Crippen molar-refractivity contribution in [3.63, 3.8) is 0 Å². The zero-order chi connectivity index (χ0) is 20.5. The molecule has 0 radical (unpaired) electrons. The molecule has 1 aliphatic heterocycles. The maximum absolute atomic E-state index is 12.9. The molecule has 0 bridgehead atoms. The molecule has 2 rings (SSSR count). The van der Waals surface area contributed by atoms with Gasteiger partial charge in [-0.2, -0.15) is 0 Å². The number of urea groups is 1. The number of hydrogen-bond acceptors (Lipinski definition) is 5. The maximum Gasteiger partial charge on any atom is 0.317 e. The monoisotopic (exact) mass is 393 g/mol. The average Bonchev–Trinajstić information content (AvgIpc) is 3.16. The normalized spacial score (nSPS) is 18.6. The summed E-state index contributed by atoms with van der Waals surface area (Å²) < 4.78 is 15.9. The van der Waals surface area contributed by atoms with E-state index in [0.717, 1.165) is 12.0 Å². The molecule has 8 heteroatoms. The first kappa shape index (κ1) is 21.8. The van der Waals surface area contributed by atoms with Gasteiger partial charge in [-0.1, -0.05) is 0 Å². The molecule has 2 atom stereocenters. The first-order chi connectivity index (χ1) is 13.5. The highest BCUT2D eigenvalue weighted by Crippen LogP contribution is 2.39. The van der Waals surface area contributed by atoms with Crippen LogP contribution in [0.5, 0.6) is 11.5 Å². The Hall–Kier alpha value is -2.48. The molecule has 8 nitrogen and oxygen atoms in total. The molecule has 0 aliphatic carbocycles. The Morgan fingerprint density at radius 3 is 2.57 bits per heavy atom.